The van der Waals surface area contributed by atoms with E-state index >= 15 is 0 Å². The van der Waals surface area contributed by atoms with E-state index in [0.717, 1.165) is 34.2 Å². The van der Waals surface area contributed by atoms with Gasteiger partial charge in [0.2, 0.25) is 0 Å². The van der Waals surface area contributed by atoms with Crippen LogP contribution in [0.2, 0.25) is 10.0 Å². The number of rotatable bonds is 6. The highest BCUT2D eigenvalue weighted by molar-refractivity contribution is 7.80. The van der Waals surface area contributed by atoms with E-state index in [4.69, 9.17) is 44.6 Å². The molecule has 2 aromatic heterocycles. The van der Waals surface area contributed by atoms with Crippen LogP contribution in [0.4, 0.5) is 5.69 Å². The molecule has 0 aliphatic carbocycles. The van der Waals surface area contributed by atoms with Gasteiger partial charge in [-0.15, -0.1) is 0 Å². The van der Waals surface area contributed by atoms with E-state index in [9.17, 15) is 0 Å². The average Bonchev–Trinajstić information content (AvgIpc) is 3.56. The first-order chi connectivity index (χ1) is 18.6. The molecule has 0 radical (unpaired) electrons. The predicted octanol–water partition coefficient (Wildman–Crippen LogP) is 8.62. The Morgan fingerprint density at radius 2 is 1.58 bits per heavy atom. The predicted molar refractivity (Wildman–Crippen MR) is 155 cm³/mol. The molecule has 0 saturated carbocycles. The van der Waals surface area contributed by atoms with Crippen LogP contribution >= 0.6 is 35.4 Å². The lowest BCUT2D eigenvalue weighted by Gasteiger charge is -2.26. The van der Waals surface area contributed by atoms with E-state index in [0.29, 0.717) is 20.9 Å². The Kier molecular flexibility index (Phi) is 6.77. The standard InChI is InChI=1S/C30H21Cl2N3O2S/c31-23-14-9-19(18-24(23)32)26-15-16-27(37-26)29-28(25-8-4-5-17-33-25)34-30(38)35(29)20-10-12-22(13-11-20)36-21-6-2-1-3-7-21/h1-18,28-29H,(H,34,38)/t28-,29-/m0/s1. The molecule has 6 rings (SSSR count). The Bertz CT molecular complexity index is 1580. The first-order valence-electron chi connectivity index (χ1n) is 12.0. The fraction of sp³-hybridized carbons (Fsp3) is 0.0667. The number of benzene rings is 3. The Hall–Kier alpha value is -3.84. The topological polar surface area (TPSA) is 50.5 Å². The second-order valence-electron chi connectivity index (χ2n) is 8.74. The lowest BCUT2D eigenvalue weighted by molar-refractivity contribution is 0.439. The van der Waals surface area contributed by atoms with Crippen LogP contribution in [0.1, 0.15) is 23.5 Å². The highest BCUT2D eigenvalue weighted by atomic mass is 35.5. The minimum absolute atomic E-state index is 0.225. The molecular formula is C30H21Cl2N3O2S. The third-order valence-corrected chi connectivity index (χ3v) is 7.37. The summed E-state index contributed by atoms with van der Waals surface area (Å²) in [6.45, 7) is 0. The second kappa shape index (κ2) is 10.5. The van der Waals surface area contributed by atoms with Crippen LogP contribution in [0, 0.1) is 0 Å². The molecule has 38 heavy (non-hydrogen) atoms. The maximum Gasteiger partial charge on any atom is 0.174 e. The zero-order valence-corrected chi connectivity index (χ0v) is 22.3. The molecule has 0 spiro atoms. The lowest BCUT2D eigenvalue weighted by atomic mass is 10.0. The van der Waals surface area contributed by atoms with E-state index in [-0.39, 0.29) is 12.1 Å². The minimum Gasteiger partial charge on any atom is -0.459 e. The number of hydrogen-bond acceptors (Lipinski definition) is 4. The number of aromatic nitrogens is 1. The van der Waals surface area contributed by atoms with Gasteiger partial charge in [0.15, 0.2) is 5.11 Å². The molecular weight excluding hydrogens is 537 g/mol. The molecule has 3 heterocycles. The molecule has 8 heteroatoms. The van der Waals surface area contributed by atoms with Crippen molar-refractivity contribution in [2.75, 3.05) is 4.90 Å². The van der Waals surface area contributed by atoms with Crippen LogP contribution in [0.15, 0.2) is 114 Å². The van der Waals surface area contributed by atoms with Crippen molar-refractivity contribution in [2.24, 2.45) is 0 Å². The summed E-state index contributed by atoms with van der Waals surface area (Å²) in [5.41, 5.74) is 2.60. The van der Waals surface area contributed by atoms with Crippen molar-refractivity contribution in [3.63, 3.8) is 0 Å². The maximum absolute atomic E-state index is 6.41. The molecule has 3 aromatic carbocycles. The summed E-state index contributed by atoms with van der Waals surface area (Å²) in [7, 11) is 0. The van der Waals surface area contributed by atoms with Gasteiger partial charge < -0.3 is 19.4 Å². The number of para-hydroxylation sites is 1. The van der Waals surface area contributed by atoms with Crippen molar-refractivity contribution in [2.45, 2.75) is 12.1 Å². The van der Waals surface area contributed by atoms with Gasteiger partial charge in [0.25, 0.3) is 0 Å². The van der Waals surface area contributed by atoms with Gasteiger partial charge >= 0.3 is 0 Å². The molecule has 1 N–H and O–H groups in total. The molecule has 0 unspecified atom stereocenters. The van der Waals surface area contributed by atoms with Gasteiger partial charge in [-0.2, -0.15) is 0 Å². The summed E-state index contributed by atoms with van der Waals surface area (Å²) >= 11 is 18.2. The van der Waals surface area contributed by atoms with Gasteiger partial charge in [-0.05, 0) is 91.1 Å². The molecule has 0 bridgehead atoms. The minimum atomic E-state index is -0.283. The van der Waals surface area contributed by atoms with Crippen molar-refractivity contribution in [3.8, 4) is 22.8 Å². The normalized spacial score (nSPS) is 16.9. The largest absolute Gasteiger partial charge is 0.459 e. The zero-order valence-electron chi connectivity index (χ0n) is 19.9. The van der Waals surface area contributed by atoms with Crippen LogP contribution in [0.5, 0.6) is 11.5 Å². The highest BCUT2D eigenvalue weighted by Crippen LogP contribution is 2.43. The first-order valence-corrected chi connectivity index (χ1v) is 13.1. The first kappa shape index (κ1) is 24.5. The van der Waals surface area contributed by atoms with E-state index in [1.165, 1.54) is 0 Å². The second-order valence-corrected chi connectivity index (χ2v) is 9.94. The number of anilines is 1. The van der Waals surface area contributed by atoms with Gasteiger partial charge in [-0.25, -0.2) is 0 Å². The Balaban J connectivity index is 1.36. The van der Waals surface area contributed by atoms with Crippen molar-refractivity contribution >= 4 is 46.2 Å². The van der Waals surface area contributed by atoms with E-state index in [2.05, 4.69) is 15.2 Å². The van der Waals surface area contributed by atoms with Gasteiger partial charge in [0, 0.05) is 17.4 Å². The van der Waals surface area contributed by atoms with Crippen LogP contribution < -0.4 is 15.0 Å². The molecule has 188 valence electrons. The Morgan fingerprint density at radius 3 is 2.32 bits per heavy atom. The quantitative estimate of drug-likeness (QED) is 0.211. The molecule has 0 amide bonds. The van der Waals surface area contributed by atoms with Gasteiger partial charge in [-0.3, -0.25) is 4.98 Å². The summed E-state index contributed by atoms with van der Waals surface area (Å²) in [5, 5.41) is 4.99. The number of halogens is 2. The third-order valence-electron chi connectivity index (χ3n) is 6.31. The van der Waals surface area contributed by atoms with Crippen molar-refractivity contribution in [1.82, 2.24) is 10.3 Å². The van der Waals surface area contributed by atoms with Crippen LogP contribution in [0.25, 0.3) is 11.3 Å². The summed E-state index contributed by atoms with van der Waals surface area (Å²) in [5.74, 6) is 2.93. The molecule has 1 saturated heterocycles. The fourth-order valence-corrected chi connectivity index (χ4v) is 5.18. The van der Waals surface area contributed by atoms with Crippen LogP contribution in [-0.4, -0.2) is 10.1 Å². The van der Waals surface area contributed by atoms with Gasteiger partial charge in [0.05, 0.1) is 21.8 Å². The number of furan rings is 1. The maximum atomic E-state index is 6.41. The summed E-state index contributed by atoms with van der Waals surface area (Å²) in [6, 6.07) is 32.2. The van der Waals surface area contributed by atoms with Gasteiger partial charge in [0.1, 0.15) is 29.1 Å². The molecule has 1 fully saturated rings. The SMILES string of the molecule is S=C1N[C@@H](c2ccccn2)[C@H](c2ccc(-c3ccc(Cl)c(Cl)c3)o2)N1c1ccc(Oc2ccccc2)cc1. The number of hydrogen-bond donors (Lipinski definition) is 1. The number of nitrogens with zero attached hydrogens (tertiary/aromatic N) is 2. The number of pyridine rings is 1. The van der Waals surface area contributed by atoms with Crippen molar-refractivity contribution < 1.29 is 9.15 Å². The average molecular weight is 558 g/mol. The van der Waals surface area contributed by atoms with Crippen LogP contribution in [-0.2, 0) is 0 Å². The fourth-order valence-electron chi connectivity index (χ4n) is 4.54. The summed E-state index contributed by atoms with van der Waals surface area (Å²) in [6.07, 6.45) is 1.78. The van der Waals surface area contributed by atoms with E-state index in [1.807, 2.05) is 91.0 Å². The van der Waals surface area contributed by atoms with Crippen molar-refractivity contribution in [1.29, 1.82) is 0 Å². The Labute approximate surface area is 235 Å². The molecule has 1 aliphatic rings. The Morgan fingerprint density at radius 1 is 0.816 bits per heavy atom. The summed E-state index contributed by atoms with van der Waals surface area (Å²) in [4.78, 5) is 6.66. The molecule has 5 aromatic rings. The molecule has 1 aliphatic heterocycles. The van der Waals surface area contributed by atoms with Crippen LogP contribution in [0.3, 0.4) is 0 Å². The molecule has 5 nitrogen and oxygen atoms in total. The highest BCUT2D eigenvalue weighted by Gasteiger charge is 2.42. The monoisotopic (exact) mass is 557 g/mol. The van der Waals surface area contributed by atoms with E-state index < -0.39 is 0 Å². The van der Waals surface area contributed by atoms with Gasteiger partial charge in [-0.1, -0.05) is 47.5 Å². The number of nitrogens with one attached hydrogen (secondary N) is 1. The van der Waals surface area contributed by atoms with Crippen molar-refractivity contribution in [3.05, 3.63) is 131 Å². The third kappa shape index (κ3) is 4.86. The summed E-state index contributed by atoms with van der Waals surface area (Å²) < 4.78 is 12.4. The number of ether oxygens (including phenoxy) is 1. The zero-order chi connectivity index (χ0) is 26.1. The smallest absolute Gasteiger partial charge is 0.174 e. The lowest BCUT2D eigenvalue weighted by Crippen LogP contribution is -2.29. The number of thiocarbonyl (C=S) groups is 1. The van der Waals surface area contributed by atoms with E-state index in [1.54, 1.807) is 18.3 Å². The molecule has 2 atom stereocenters.